The van der Waals surface area contributed by atoms with Crippen LogP contribution in [0, 0.1) is 0 Å². The average Bonchev–Trinajstić information content (AvgIpc) is 2.06. The minimum Gasteiger partial charge on any atom is -0.403 e. The Morgan fingerprint density at radius 2 is 2.36 bits per heavy atom. The van der Waals surface area contributed by atoms with Gasteiger partial charge in [-0.1, -0.05) is 6.07 Å². The van der Waals surface area contributed by atoms with E-state index in [1.54, 1.807) is 6.20 Å². The van der Waals surface area contributed by atoms with Gasteiger partial charge in [-0.05, 0) is 12.1 Å². The molecule has 0 saturated heterocycles. The molecule has 0 amide bonds. The van der Waals surface area contributed by atoms with Crippen LogP contribution in [-0.2, 0) is 6.42 Å². The Balaban J connectivity index is 2.65. The predicted octanol–water partition coefficient (Wildman–Crippen LogP) is 0.383. The van der Waals surface area contributed by atoms with Crippen molar-refractivity contribution in [2.75, 3.05) is 0 Å². The summed E-state index contributed by atoms with van der Waals surface area (Å²) in [6.07, 6.45) is 3.76. The van der Waals surface area contributed by atoms with Gasteiger partial charge in [-0.25, -0.2) is 0 Å². The number of nitrogens with two attached hydrogens (primary N) is 2. The summed E-state index contributed by atoms with van der Waals surface area (Å²) in [5, 5.41) is 0. The summed E-state index contributed by atoms with van der Waals surface area (Å²) < 4.78 is 0. The van der Waals surface area contributed by atoms with Gasteiger partial charge in [-0.15, -0.1) is 0 Å². The van der Waals surface area contributed by atoms with Gasteiger partial charge in [0.1, 0.15) is 0 Å². The van der Waals surface area contributed by atoms with Gasteiger partial charge in [0.2, 0.25) is 0 Å². The molecule has 3 heteroatoms. The van der Waals surface area contributed by atoms with Crippen molar-refractivity contribution in [1.29, 1.82) is 0 Å². The Labute approximate surface area is 65.7 Å². The van der Waals surface area contributed by atoms with E-state index >= 15 is 0 Å². The fraction of sp³-hybridized carbons (Fsp3) is 0.125. The molecule has 0 unspecified atom stereocenters. The highest BCUT2D eigenvalue weighted by Gasteiger charge is 1.93. The second-order valence-corrected chi connectivity index (χ2v) is 2.24. The molecule has 11 heavy (non-hydrogen) atoms. The second-order valence-electron chi connectivity index (χ2n) is 2.24. The lowest BCUT2D eigenvalue weighted by molar-refractivity contribution is 1.02. The molecule has 0 aromatic carbocycles. The van der Waals surface area contributed by atoms with Crippen LogP contribution >= 0.6 is 0 Å². The highest BCUT2D eigenvalue weighted by molar-refractivity contribution is 5.11. The zero-order valence-corrected chi connectivity index (χ0v) is 6.20. The Morgan fingerprint density at radius 1 is 1.55 bits per heavy atom. The molecule has 0 saturated carbocycles. The molecule has 58 valence electrons. The molecule has 0 bridgehead atoms. The van der Waals surface area contributed by atoms with Crippen molar-refractivity contribution >= 4 is 0 Å². The van der Waals surface area contributed by atoms with Gasteiger partial charge in [-0.3, -0.25) is 4.98 Å². The smallest absolute Gasteiger partial charge is 0.0462 e. The molecule has 0 aliphatic heterocycles. The molecule has 1 rings (SSSR count). The fourth-order valence-electron chi connectivity index (χ4n) is 0.771. The highest BCUT2D eigenvalue weighted by Crippen LogP contribution is 1.97. The molecule has 0 aliphatic rings. The number of nitrogens with zero attached hydrogens (tertiary/aromatic N) is 1. The van der Waals surface area contributed by atoms with Crippen LogP contribution in [0.1, 0.15) is 5.69 Å². The standard InChI is InChI=1S/C8H11N3/c9-6-7(10)5-8-3-1-2-4-11-8/h1-4,6H,5,9-10H2/b7-6+. The first-order chi connectivity index (χ1) is 5.33. The molecular weight excluding hydrogens is 138 g/mol. The van der Waals surface area contributed by atoms with Gasteiger partial charge in [0, 0.05) is 30.2 Å². The lowest BCUT2D eigenvalue weighted by Crippen LogP contribution is -2.04. The molecule has 3 nitrogen and oxygen atoms in total. The summed E-state index contributed by atoms with van der Waals surface area (Å²) in [6.45, 7) is 0. The number of pyridine rings is 1. The van der Waals surface area contributed by atoms with Crippen molar-refractivity contribution in [1.82, 2.24) is 4.98 Å². The molecule has 0 atom stereocenters. The molecule has 0 fully saturated rings. The lowest BCUT2D eigenvalue weighted by atomic mass is 10.2. The van der Waals surface area contributed by atoms with E-state index in [0.29, 0.717) is 12.1 Å². The number of aromatic nitrogens is 1. The van der Waals surface area contributed by atoms with Gasteiger partial charge in [0.15, 0.2) is 0 Å². The minimum atomic E-state index is 0.622. The van der Waals surface area contributed by atoms with E-state index in [-0.39, 0.29) is 0 Å². The van der Waals surface area contributed by atoms with Gasteiger partial charge < -0.3 is 11.5 Å². The first-order valence-corrected chi connectivity index (χ1v) is 3.39. The summed E-state index contributed by atoms with van der Waals surface area (Å²) in [6, 6.07) is 5.70. The van der Waals surface area contributed by atoms with Crippen LogP contribution in [0.15, 0.2) is 36.3 Å². The SMILES string of the molecule is N/C=C(/N)Cc1ccccn1. The van der Waals surface area contributed by atoms with Crippen LogP contribution < -0.4 is 11.5 Å². The summed E-state index contributed by atoms with van der Waals surface area (Å²) in [5.74, 6) is 0. The zero-order chi connectivity index (χ0) is 8.10. The number of rotatable bonds is 2. The second kappa shape index (κ2) is 3.61. The first-order valence-electron chi connectivity index (χ1n) is 3.39. The van der Waals surface area contributed by atoms with Crippen molar-refractivity contribution in [2.45, 2.75) is 6.42 Å². The van der Waals surface area contributed by atoms with E-state index in [1.165, 1.54) is 6.20 Å². The van der Waals surface area contributed by atoms with E-state index in [9.17, 15) is 0 Å². The monoisotopic (exact) mass is 149 g/mol. The number of allylic oxidation sites excluding steroid dienone is 1. The van der Waals surface area contributed by atoms with Crippen molar-refractivity contribution in [2.24, 2.45) is 11.5 Å². The van der Waals surface area contributed by atoms with E-state index in [4.69, 9.17) is 11.5 Å². The normalized spacial score (nSPS) is 11.5. The third-order valence-electron chi connectivity index (χ3n) is 1.33. The molecule has 0 radical (unpaired) electrons. The molecule has 0 aliphatic carbocycles. The topological polar surface area (TPSA) is 64.9 Å². The van der Waals surface area contributed by atoms with Crippen molar-refractivity contribution in [3.05, 3.63) is 42.0 Å². The molecule has 0 spiro atoms. The number of hydrogen-bond donors (Lipinski definition) is 2. The van der Waals surface area contributed by atoms with Gasteiger partial charge in [0.05, 0.1) is 0 Å². The Morgan fingerprint density at radius 3 is 2.91 bits per heavy atom. The maximum Gasteiger partial charge on any atom is 0.0462 e. The van der Waals surface area contributed by atoms with Crippen LogP contribution in [0.2, 0.25) is 0 Å². The summed E-state index contributed by atoms with van der Waals surface area (Å²) >= 11 is 0. The number of hydrogen-bond acceptors (Lipinski definition) is 3. The summed E-state index contributed by atoms with van der Waals surface area (Å²) in [5.41, 5.74) is 12.3. The molecule has 1 heterocycles. The quantitative estimate of drug-likeness (QED) is 0.639. The third kappa shape index (κ3) is 2.29. The first kappa shape index (κ1) is 7.60. The lowest BCUT2D eigenvalue weighted by Gasteiger charge is -1.97. The van der Waals surface area contributed by atoms with Crippen LogP contribution in [0.5, 0.6) is 0 Å². The third-order valence-corrected chi connectivity index (χ3v) is 1.33. The Bertz CT molecular complexity index is 241. The molecule has 1 aromatic rings. The van der Waals surface area contributed by atoms with Gasteiger partial charge in [-0.2, -0.15) is 0 Å². The maximum absolute atomic E-state index is 5.50. The predicted molar refractivity (Wildman–Crippen MR) is 44.4 cm³/mol. The van der Waals surface area contributed by atoms with E-state index in [2.05, 4.69) is 4.98 Å². The molecule has 1 aromatic heterocycles. The Hall–Kier alpha value is -1.51. The van der Waals surface area contributed by atoms with Crippen LogP contribution in [0.25, 0.3) is 0 Å². The fourth-order valence-corrected chi connectivity index (χ4v) is 0.771. The van der Waals surface area contributed by atoms with E-state index < -0.39 is 0 Å². The summed E-state index contributed by atoms with van der Waals surface area (Å²) in [4.78, 5) is 4.09. The molecule has 4 N–H and O–H groups in total. The minimum absolute atomic E-state index is 0.622. The van der Waals surface area contributed by atoms with Crippen LogP contribution in [0.4, 0.5) is 0 Å². The van der Waals surface area contributed by atoms with Crippen LogP contribution in [0.3, 0.4) is 0 Å². The summed E-state index contributed by atoms with van der Waals surface area (Å²) in [7, 11) is 0. The Kier molecular flexibility index (Phi) is 2.49. The van der Waals surface area contributed by atoms with Gasteiger partial charge >= 0.3 is 0 Å². The van der Waals surface area contributed by atoms with E-state index in [0.717, 1.165) is 5.69 Å². The van der Waals surface area contributed by atoms with Crippen LogP contribution in [-0.4, -0.2) is 4.98 Å². The maximum atomic E-state index is 5.50. The van der Waals surface area contributed by atoms with Gasteiger partial charge in [0.25, 0.3) is 0 Å². The van der Waals surface area contributed by atoms with E-state index in [1.807, 2.05) is 18.2 Å². The highest BCUT2D eigenvalue weighted by atomic mass is 14.7. The average molecular weight is 149 g/mol. The van der Waals surface area contributed by atoms with Crippen molar-refractivity contribution in [3.63, 3.8) is 0 Å². The van der Waals surface area contributed by atoms with Crippen molar-refractivity contribution in [3.8, 4) is 0 Å². The molecular formula is C8H11N3. The van der Waals surface area contributed by atoms with Crippen molar-refractivity contribution < 1.29 is 0 Å². The largest absolute Gasteiger partial charge is 0.403 e. The zero-order valence-electron chi connectivity index (χ0n) is 6.20.